The molecule has 0 aliphatic carbocycles. The molecular formula is C19H24N4O5S. The first-order chi connectivity index (χ1) is 14.0. The van der Waals surface area contributed by atoms with E-state index in [1.165, 1.54) is 11.8 Å². The molecule has 0 atom stereocenters. The lowest BCUT2D eigenvalue weighted by Crippen LogP contribution is -2.51. The topological polar surface area (TPSA) is 98.0 Å². The van der Waals surface area contributed by atoms with E-state index in [0.29, 0.717) is 66.5 Å². The Hall–Kier alpha value is -2.75. The Kier molecular flexibility index (Phi) is 6.97. The van der Waals surface area contributed by atoms with Crippen LogP contribution in [0.15, 0.2) is 22.7 Å². The predicted octanol–water partition coefficient (Wildman–Crippen LogP) is 1.61. The largest absolute Gasteiger partial charge is 0.497 e. The quantitative estimate of drug-likeness (QED) is 0.666. The van der Waals surface area contributed by atoms with Gasteiger partial charge in [-0.15, -0.1) is 11.8 Å². The van der Waals surface area contributed by atoms with Gasteiger partial charge >= 0.3 is 0 Å². The number of nitrogens with zero attached hydrogens (tertiary/aromatic N) is 4. The molecule has 1 aliphatic rings. The van der Waals surface area contributed by atoms with Crippen molar-refractivity contribution in [1.82, 2.24) is 19.9 Å². The van der Waals surface area contributed by atoms with Crippen molar-refractivity contribution >= 4 is 23.6 Å². The Labute approximate surface area is 173 Å². The zero-order valence-corrected chi connectivity index (χ0v) is 17.5. The lowest BCUT2D eigenvalue weighted by atomic mass is 10.1. The fourth-order valence-corrected chi connectivity index (χ4v) is 3.75. The highest BCUT2D eigenvalue weighted by molar-refractivity contribution is 7.99. The summed E-state index contributed by atoms with van der Waals surface area (Å²) in [4.78, 5) is 32.9. The molecule has 29 heavy (non-hydrogen) atoms. The first-order valence-corrected chi connectivity index (χ1v) is 10.3. The first kappa shape index (κ1) is 21.0. The molecular weight excluding hydrogens is 396 g/mol. The number of benzene rings is 1. The number of ether oxygens (including phenoxy) is 2. The molecule has 0 radical (unpaired) electrons. The fraction of sp³-hybridized carbons (Fsp3) is 0.474. The number of hydrogen-bond donors (Lipinski definition) is 0. The third-order valence-electron chi connectivity index (χ3n) is 4.54. The Morgan fingerprint density at radius 3 is 2.24 bits per heavy atom. The van der Waals surface area contributed by atoms with Gasteiger partial charge in [0.2, 0.25) is 11.8 Å². The Balaban J connectivity index is 1.49. The van der Waals surface area contributed by atoms with Gasteiger partial charge in [-0.25, -0.2) is 0 Å². The van der Waals surface area contributed by atoms with Crippen LogP contribution < -0.4 is 9.47 Å². The van der Waals surface area contributed by atoms with E-state index in [0.717, 1.165) is 0 Å². The van der Waals surface area contributed by atoms with Gasteiger partial charge in [0, 0.05) is 44.7 Å². The second kappa shape index (κ2) is 9.64. The third kappa shape index (κ3) is 5.41. The van der Waals surface area contributed by atoms with E-state index >= 15 is 0 Å². The normalized spacial score (nSPS) is 14.0. The summed E-state index contributed by atoms with van der Waals surface area (Å²) in [6, 6.07) is 5.11. The average molecular weight is 420 g/mol. The number of carbonyl (C=O) groups excluding carboxylic acids is 2. The lowest BCUT2D eigenvalue weighted by molar-refractivity contribution is -0.129. The highest BCUT2D eigenvalue weighted by atomic mass is 32.2. The number of methoxy groups -OCH3 is 2. The summed E-state index contributed by atoms with van der Waals surface area (Å²) >= 11 is 1.45. The van der Waals surface area contributed by atoms with Crippen molar-refractivity contribution in [2.75, 3.05) is 46.2 Å². The van der Waals surface area contributed by atoms with Crippen LogP contribution in [0.25, 0.3) is 0 Å². The van der Waals surface area contributed by atoms with Crippen molar-refractivity contribution in [3.8, 4) is 11.5 Å². The fourth-order valence-electron chi connectivity index (χ4n) is 2.99. The van der Waals surface area contributed by atoms with Gasteiger partial charge in [0.15, 0.2) is 5.82 Å². The lowest BCUT2D eigenvalue weighted by Gasteiger charge is -2.34. The number of aryl methyl sites for hydroxylation is 1. The van der Waals surface area contributed by atoms with Crippen molar-refractivity contribution in [1.29, 1.82) is 0 Å². The second-order valence-corrected chi connectivity index (χ2v) is 7.48. The summed E-state index contributed by atoms with van der Waals surface area (Å²) in [6.07, 6.45) is 0. The summed E-state index contributed by atoms with van der Waals surface area (Å²) in [5, 5.41) is 3.81. The van der Waals surface area contributed by atoms with Crippen LogP contribution in [0.4, 0.5) is 0 Å². The maximum absolute atomic E-state index is 12.8. The Morgan fingerprint density at radius 2 is 1.69 bits per heavy atom. The Bertz CT molecular complexity index is 842. The first-order valence-electron chi connectivity index (χ1n) is 9.17. The maximum atomic E-state index is 12.8. The molecule has 0 saturated carbocycles. The van der Waals surface area contributed by atoms with E-state index in [4.69, 9.17) is 14.0 Å². The minimum absolute atomic E-state index is 0.0466. The van der Waals surface area contributed by atoms with Gasteiger partial charge in [0.05, 0.1) is 25.7 Å². The molecule has 10 heteroatoms. The summed E-state index contributed by atoms with van der Waals surface area (Å²) in [7, 11) is 3.09. The SMILES string of the molecule is COc1cc(OC)cc(C(=O)N2CCN(C(=O)CSCc3noc(C)n3)CC2)c1. The summed E-state index contributed by atoms with van der Waals surface area (Å²) in [6.45, 7) is 3.72. The van der Waals surface area contributed by atoms with Gasteiger partial charge in [-0.2, -0.15) is 4.98 Å². The third-order valence-corrected chi connectivity index (χ3v) is 5.46. The molecule has 2 amide bonds. The number of piperazine rings is 1. The van der Waals surface area contributed by atoms with Gasteiger partial charge in [-0.3, -0.25) is 9.59 Å². The van der Waals surface area contributed by atoms with E-state index in [1.54, 1.807) is 49.1 Å². The highest BCUT2D eigenvalue weighted by Gasteiger charge is 2.25. The molecule has 1 aromatic carbocycles. The monoisotopic (exact) mass is 420 g/mol. The van der Waals surface area contributed by atoms with E-state index in [1.807, 2.05) is 0 Å². The molecule has 1 saturated heterocycles. The van der Waals surface area contributed by atoms with E-state index in [9.17, 15) is 9.59 Å². The zero-order chi connectivity index (χ0) is 20.8. The van der Waals surface area contributed by atoms with Crippen LogP contribution in [0.5, 0.6) is 11.5 Å². The minimum atomic E-state index is -0.101. The molecule has 0 N–H and O–H groups in total. The number of hydrogen-bond acceptors (Lipinski definition) is 8. The van der Waals surface area contributed by atoms with Crippen LogP contribution in [0, 0.1) is 6.92 Å². The van der Waals surface area contributed by atoms with Gasteiger partial charge in [0.1, 0.15) is 11.5 Å². The van der Waals surface area contributed by atoms with Crippen LogP contribution in [0.2, 0.25) is 0 Å². The number of thioether (sulfide) groups is 1. The van der Waals surface area contributed by atoms with Crippen molar-refractivity contribution < 1.29 is 23.6 Å². The molecule has 2 aromatic rings. The summed E-state index contributed by atoms with van der Waals surface area (Å²) in [5.74, 6) is 3.05. The molecule has 0 spiro atoms. The molecule has 9 nitrogen and oxygen atoms in total. The number of amides is 2. The van der Waals surface area contributed by atoms with Gasteiger partial charge in [-0.05, 0) is 12.1 Å². The van der Waals surface area contributed by atoms with E-state index in [-0.39, 0.29) is 11.8 Å². The van der Waals surface area contributed by atoms with Crippen molar-refractivity contribution in [2.45, 2.75) is 12.7 Å². The van der Waals surface area contributed by atoms with Crippen LogP contribution in [-0.4, -0.2) is 77.9 Å². The van der Waals surface area contributed by atoms with Gasteiger partial charge < -0.3 is 23.8 Å². The van der Waals surface area contributed by atoms with Crippen LogP contribution in [0.1, 0.15) is 22.1 Å². The molecule has 0 bridgehead atoms. The zero-order valence-electron chi connectivity index (χ0n) is 16.7. The Morgan fingerprint density at radius 1 is 1.07 bits per heavy atom. The van der Waals surface area contributed by atoms with Gasteiger partial charge in [0.25, 0.3) is 5.91 Å². The standard InChI is InChI=1S/C19H24N4O5S/c1-13-20-17(21-28-13)11-29-12-18(24)22-4-6-23(7-5-22)19(25)14-8-15(26-2)10-16(9-14)27-3/h8-10H,4-7,11-12H2,1-3H3. The van der Waals surface area contributed by atoms with Crippen molar-refractivity contribution in [2.24, 2.45) is 0 Å². The van der Waals surface area contributed by atoms with Gasteiger partial charge in [-0.1, -0.05) is 5.16 Å². The molecule has 156 valence electrons. The van der Waals surface area contributed by atoms with E-state index < -0.39 is 0 Å². The smallest absolute Gasteiger partial charge is 0.254 e. The minimum Gasteiger partial charge on any atom is -0.497 e. The molecule has 1 fully saturated rings. The number of rotatable bonds is 7. The van der Waals surface area contributed by atoms with Crippen molar-refractivity contribution in [3.63, 3.8) is 0 Å². The van der Waals surface area contributed by atoms with Crippen LogP contribution >= 0.6 is 11.8 Å². The number of aromatic nitrogens is 2. The molecule has 1 aromatic heterocycles. The average Bonchev–Trinajstić information content (AvgIpc) is 3.17. The van der Waals surface area contributed by atoms with E-state index in [2.05, 4.69) is 10.1 Å². The number of carbonyl (C=O) groups is 2. The second-order valence-electron chi connectivity index (χ2n) is 6.50. The molecule has 1 aliphatic heterocycles. The predicted molar refractivity (Wildman–Crippen MR) is 107 cm³/mol. The molecule has 3 rings (SSSR count). The highest BCUT2D eigenvalue weighted by Crippen LogP contribution is 2.24. The summed E-state index contributed by atoms with van der Waals surface area (Å²) in [5.41, 5.74) is 0.506. The van der Waals surface area contributed by atoms with Crippen LogP contribution in [0.3, 0.4) is 0 Å². The van der Waals surface area contributed by atoms with Crippen molar-refractivity contribution in [3.05, 3.63) is 35.5 Å². The summed E-state index contributed by atoms with van der Waals surface area (Å²) < 4.78 is 15.4. The molecule has 2 heterocycles. The maximum Gasteiger partial charge on any atom is 0.254 e. The molecule has 0 unspecified atom stereocenters. The van der Waals surface area contributed by atoms with Crippen LogP contribution in [-0.2, 0) is 10.5 Å².